The zero-order valence-electron chi connectivity index (χ0n) is 12.1. The Morgan fingerprint density at radius 2 is 1.95 bits per heavy atom. The fraction of sp³-hybridized carbons (Fsp3) is 0.625. The van der Waals surface area contributed by atoms with Crippen LogP contribution in [0.3, 0.4) is 0 Å². The minimum Gasteiger partial charge on any atom is -0.383 e. The summed E-state index contributed by atoms with van der Waals surface area (Å²) in [5.74, 6) is 0. The third-order valence-electron chi connectivity index (χ3n) is 3.77. The van der Waals surface area contributed by atoms with Crippen molar-refractivity contribution in [3.05, 3.63) is 35.9 Å². The van der Waals surface area contributed by atoms with Crippen molar-refractivity contribution in [2.45, 2.75) is 38.4 Å². The van der Waals surface area contributed by atoms with Crippen molar-refractivity contribution in [3.63, 3.8) is 0 Å². The van der Waals surface area contributed by atoms with Gasteiger partial charge in [0.05, 0.1) is 6.61 Å². The van der Waals surface area contributed by atoms with Gasteiger partial charge in [0.1, 0.15) is 0 Å². The molecule has 0 saturated carbocycles. The van der Waals surface area contributed by atoms with Crippen molar-refractivity contribution in [2.24, 2.45) is 0 Å². The Balaban J connectivity index is 1.70. The molecule has 3 nitrogen and oxygen atoms in total. The molecule has 1 aliphatic rings. The molecule has 0 aromatic heterocycles. The molecule has 0 amide bonds. The third-order valence-corrected chi connectivity index (χ3v) is 3.77. The first kappa shape index (κ1) is 14.5. The number of likely N-dealkylation sites (tertiary alicyclic amines) is 1. The van der Waals surface area contributed by atoms with E-state index in [2.05, 4.69) is 47.5 Å². The topological polar surface area (TPSA) is 24.5 Å². The van der Waals surface area contributed by atoms with E-state index < -0.39 is 0 Å². The molecule has 106 valence electrons. The standard InChI is InChI=1S/C16H26N2O/c1-14(13-19-2)17-16-8-10-18(11-9-16)12-15-6-4-3-5-7-15/h3-7,14,16-17H,8-13H2,1-2H3/t14-/m0/s1. The molecule has 1 atom stereocenters. The molecule has 0 bridgehead atoms. The maximum absolute atomic E-state index is 5.17. The van der Waals surface area contributed by atoms with Gasteiger partial charge in [0.25, 0.3) is 0 Å². The summed E-state index contributed by atoms with van der Waals surface area (Å²) in [4.78, 5) is 2.55. The second-order valence-electron chi connectivity index (χ2n) is 5.56. The van der Waals surface area contributed by atoms with E-state index in [4.69, 9.17) is 4.74 Å². The SMILES string of the molecule is COC[C@H](C)NC1CCN(Cc2ccccc2)CC1. The van der Waals surface area contributed by atoms with Crippen molar-refractivity contribution >= 4 is 0 Å². The average Bonchev–Trinajstić information content (AvgIpc) is 2.42. The van der Waals surface area contributed by atoms with Crippen LogP contribution in [0.4, 0.5) is 0 Å². The minimum atomic E-state index is 0.454. The van der Waals surface area contributed by atoms with E-state index in [1.165, 1.54) is 31.5 Å². The molecule has 1 fully saturated rings. The molecule has 3 heteroatoms. The number of methoxy groups -OCH3 is 1. The second kappa shape index (κ2) is 7.63. The van der Waals surface area contributed by atoms with Crippen LogP contribution in [0.1, 0.15) is 25.3 Å². The Morgan fingerprint density at radius 1 is 1.26 bits per heavy atom. The summed E-state index contributed by atoms with van der Waals surface area (Å²) in [5.41, 5.74) is 1.42. The van der Waals surface area contributed by atoms with Crippen molar-refractivity contribution in [3.8, 4) is 0 Å². The molecule has 1 aromatic carbocycles. The first-order valence-corrected chi connectivity index (χ1v) is 7.29. The summed E-state index contributed by atoms with van der Waals surface area (Å²) in [6.07, 6.45) is 2.47. The lowest BCUT2D eigenvalue weighted by Gasteiger charge is -2.33. The minimum absolute atomic E-state index is 0.454. The van der Waals surface area contributed by atoms with Gasteiger partial charge in [-0.1, -0.05) is 30.3 Å². The van der Waals surface area contributed by atoms with Gasteiger partial charge in [-0.25, -0.2) is 0 Å². The summed E-state index contributed by atoms with van der Waals surface area (Å²) < 4.78 is 5.17. The van der Waals surface area contributed by atoms with E-state index in [0.717, 1.165) is 13.2 Å². The van der Waals surface area contributed by atoms with Crippen LogP contribution in [0.25, 0.3) is 0 Å². The molecule has 1 saturated heterocycles. The summed E-state index contributed by atoms with van der Waals surface area (Å²) in [6.45, 7) is 6.45. The highest BCUT2D eigenvalue weighted by Crippen LogP contribution is 2.14. The molecule has 1 N–H and O–H groups in total. The molecular formula is C16H26N2O. The maximum Gasteiger partial charge on any atom is 0.0613 e. The molecule has 1 aliphatic heterocycles. The van der Waals surface area contributed by atoms with Crippen LogP contribution in [0.5, 0.6) is 0 Å². The van der Waals surface area contributed by atoms with Crippen LogP contribution in [0.15, 0.2) is 30.3 Å². The Labute approximate surface area is 116 Å². The Morgan fingerprint density at radius 3 is 2.58 bits per heavy atom. The lowest BCUT2D eigenvalue weighted by atomic mass is 10.0. The van der Waals surface area contributed by atoms with E-state index >= 15 is 0 Å². The fourth-order valence-electron chi connectivity index (χ4n) is 2.80. The van der Waals surface area contributed by atoms with Gasteiger partial charge >= 0.3 is 0 Å². The van der Waals surface area contributed by atoms with Crippen molar-refractivity contribution in [1.29, 1.82) is 0 Å². The van der Waals surface area contributed by atoms with E-state index in [0.29, 0.717) is 12.1 Å². The Bertz CT molecular complexity index is 347. The van der Waals surface area contributed by atoms with E-state index in [1.807, 2.05) is 0 Å². The second-order valence-corrected chi connectivity index (χ2v) is 5.56. The van der Waals surface area contributed by atoms with Gasteiger partial charge in [-0.15, -0.1) is 0 Å². The van der Waals surface area contributed by atoms with Gasteiger partial charge in [0.2, 0.25) is 0 Å². The lowest BCUT2D eigenvalue weighted by Crippen LogP contribution is -2.46. The molecule has 1 aromatic rings. The predicted molar refractivity (Wildman–Crippen MR) is 79.2 cm³/mol. The molecule has 1 heterocycles. The highest BCUT2D eigenvalue weighted by molar-refractivity contribution is 5.14. The van der Waals surface area contributed by atoms with Crippen LogP contribution in [-0.4, -0.2) is 43.8 Å². The lowest BCUT2D eigenvalue weighted by molar-refractivity contribution is 0.145. The largest absolute Gasteiger partial charge is 0.383 e. The zero-order valence-corrected chi connectivity index (χ0v) is 12.1. The number of nitrogens with zero attached hydrogens (tertiary/aromatic N) is 1. The van der Waals surface area contributed by atoms with E-state index in [1.54, 1.807) is 7.11 Å². The number of rotatable bonds is 6. The number of ether oxygens (including phenoxy) is 1. The maximum atomic E-state index is 5.17. The quantitative estimate of drug-likeness (QED) is 0.851. The van der Waals surface area contributed by atoms with Gasteiger partial charge in [0, 0.05) is 25.7 Å². The van der Waals surface area contributed by atoms with Crippen LogP contribution < -0.4 is 5.32 Å². The van der Waals surface area contributed by atoms with Crippen molar-refractivity contribution in [1.82, 2.24) is 10.2 Å². The molecule has 19 heavy (non-hydrogen) atoms. The van der Waals surface area contributed by atoms with Gasteiger partial charge in [-0.05, 0) is 38.4 Å². The summed E-state index contributed by atoms with van der Waals surface area (Å²) in [6, 6.07) is 11.9. The fourth-order valence-corrected chi connectivity index (χ4v) is 2.80. The average molecular weight is 262 g/mol. The van der Waals surface area contributed by atoms with Crippen LogP contribution >= 0.6 is 0 Å². The summed E-state index contributed by atoms with van der Waals surface area (Å²) in [5, 5.41) is 3.65. The highest BCUT2D eigenvalue weighted by Gasteiger charge is 2.20. The summed E-state index contributed by atoms with van der Waals surface area (Å²) >= 11 is 0. The van der Waals surface area contributed by atoms with E-state index in [-0.39, 0.29) is 0 Å². The normalized spacial score (nSPS) is 19.5. The van der Waals surface area contributed by atoms with Crippen molar-refractivity contribution in [2.75, 3.05) is 26.8 Å². The molecule has 0 aliphatic carbocycles. The monoisotopic (exact) mass is 262 g/mol. The van der Waals surface area contributed by atoms with Gasteiger partial charge in [-0.2, -0.15) is 0 Å². The third kappa shape index (κ3) is 4.94. The predicted octanol–water partition coefficient (Wildman–Crippen LogP) is 2.28. The van der Waals surface area contributed by atoms with Gasteiger partial charge in [0.15, 0.2) is 0 Å². The molecule has 2 rings (SSSR count). The first-order chi connectivity index (χ1) is 9.28. The van der Waals surface area contributed by atoms with Crippen LogP contribution in [0.2, 0.25) is 0 Å². The molecule has 0 radical (unpaired) electrons. The molecule has 0 spiro atoms. The van der Waals surface area contributed by atoms with Crippen LogP contribution in [-0.2, 0) is 11.3 Å². The number of nitrogens with one attached hydrogen (secondary N) is 1. The summed E-state index contributed by atoms with van der Waals surface area (Å²) in [7, 11) is 1.76. The van der Waals surface area contributed by atoms with Gasteiger partial charge in [-0.3, -0.25) is 4.90 Å². The number of hydrogen-bond acceptors (Lipinski definition) is 3. The zero-order chi connectivity index (χ0) is 13.5. The number of benzene rings is 1. The molecule has 0 unspecified atom stereocenters. The van der Waals surface area contributed by atoms with Crippen molar-refractivity contribution < 1.29 is 4.74 Å². The van der Waals surface area contributed by atoms with E-state index in [9.17, 15) is 0 Å². The van der Waals surface area contributed by atoms with Gasteiger partial charge < -0.3 is 10.1 Å². The number of hydrogen-bond donors (Lipinski definition) is 1. The number of piperidine rings is 1. The highest BCUT2D eigenvalue weighted by atomic mass is 16.5. The molecular weight excluding hydrogens is 236 g/mol. The first-order valence-electron chi connectivity index (χ1n) is 7.29. The van der Waals surface area contributed by atoms with Crippen LogP contribution in [0, 0.1) is 0 Å². The Hall–Kier alpha value is -0.900. The Kier molecular flexibility index (Phi) is 5.83. The smallest absolute Gasteiger partial charge is 0.0613 e.